The summed E-state index contributed by atoms with van der Waals surface area (Å²) in [6.07, 6.45) is 0.868. The third-order valence-electron chi connectivity index (χ3n) is 3.97. The van der Waals surface area contributed by atoms with Crippen LogP contribution in [0.5, 0.6) is 5.75 Å². The first-order valence-corrected chi connectivity index (χ1v) is 10.1. The van der Waals surface area contributed by atoms with Gasteiger partial charge in [-0.05, 0) is 42.0 Å². The molecule has 3 aromatic rings. The first kappa shape index (κ1) is 17.0. The summed E-state index contributed by atoms with van der Waals surface area (Å²) < 4.78 is 6.91. The fourth-order valence-electron chi connectivity index (χ4n) is 2.78. The maximum Gasteiger partial charge on any atom is 0.128 e. The third kappa shape index (κ3) is 3.47. The molecule has 0 saturated heterocycles. The van der Waals surface area contributed by atoms with Gasteiger partial charge in [-0.25, -0.2) is 0 Å². The lowest BCUT2D eigenvalue weighted by Gasteiger charge is -2.09. The van der Waals surface area contributed by atoms with Gasteiger partial charge in [0.25, 0.3) is 0 Å². The van der Waals surface area contributed by atoms with E-state index in [0.29, 0.717) is 16.6 Å². The molecule has 1 N–H and O–H groups in total. The first-order chi connectivity index (χ1) is 12.1. The van der Waals surface area contributed by atoms with Crippen LogP contribution < -0.4 is 10.1 Å². The van der Waals surface area contributed by atoms with Crippen LogP contribution in [0.4, 0.5) is 5.69 Å². The number of para-hydroxylation sites is 1. The Bertz CT molecular complexity index is 970. The number of hydrogen-bond donors (Lipinski definition) is 1. The van der Waals surface area contributed by atoms with Gasteiger partial charge in [-0.3, -0.25) is 0 Å². The fraction of sp³-hybridized carbons (Fsp3) is 0.105. The van der Waals surface area contributed by atoms with E-state index < -0.39 is 0 Å². The molecule has 6 heteroatoms. The third-order valence-corrected chi connectivity index (χ3v) is 6.47. The molecule has 2 heterocycles. The van der Waals surface area contributed by atoms with Crippen molar-refractivity contribution in [3.8, 4) is 16.2 Å². The van der Waals surface area contributed by atoms with E-state index in [4.69, 9.17) is 28.6 Å². The largest absolute Gasteiger partial charge is 0.493 e. The first-order valence-electron chi connectivity index (χ1n) is 7.73. The second kappa shape index (κ2) is 7.08. The molecule has 1 aromatic heterocycles. The topological polar surface area (TPSA) is 21.3 Å². The van der Waals surface area contributed by atoms with Crippen LogP contribution in [0.2, 0.25) is 5.02 Å². The van der Waals surface area contributed by atoms with E-state index in [1.54, 1.807) is 11.3 Å². The average molecular weight is 451 g/mol. The van der Waals surface area contributed by atoms with Crippen LogP contribution in [0.1, 0.15) is 10.4 Å². The molecule has 25 heavy (non-hydrogen) atoms. The molecule has 1 aliphatic rings. The Labute approximate surface area is 168 Å². The minimum absolute atomic E-state index is 0.658. The zero-order chi connectivity index (χ0) is 17.4. The molecule has 0 aliphatic carbocycles. The predicted octanol–water partition coefficient (Wildman–Crippen LogP) is 6.55. The SMILES string of the molecule is S=C(Nc1ccccc1Cl)c1cc2c(s1)-c1cc(Br)ccc1OCC2. The van der Waals surface area contributed by atoms with Crippen LogP contribution in [0.25, 0.3) is 10.4 Å². The normalized spacial score (nSPS) is 12.6. The summed E-state index contributed by atoms with van der Waals surface area (Å²) in [7, 11) is 0. The number of fused-ring (bicyclic) bond motifs is 3. The highest BCUT2D eigenvalue weighted by Gasteiger charge is 2.20. The van der Waals surface area contributed by atoms with Crippen LogP contribution in [-0.2, 0) is 6.42 Å². The second-order valence-electron chi connectivity index (χ2n) is 5.64. The number of benzene rings is 2. The van der Waals surface area contributed by atoms with Gasteiger partial charge >= 0.3 is 0 Å². The molecular weight excluding hydrogens is 438 g/mol. The van der Waals surface area contributed by atoms with E-state index >= 15 is 0 Å². The molecule has 2 aromatic carbocycles. The Balaban J connectivity index is 1.70. The standard InChI is InChI=1S/C19H13BrClNOS2/c20-12-5-6-16-13(10-12)18-11(7-8-23-16)9-17(25-18)19(24)22-15-4-2-1-3-14(15)21/h1-6,9-10H,7-8H2,(H,22,24). The summed E-state index contributed by atoms with van der Waals surface area (Å²) in [4.78, 5) is 2.93. The summed E-state index contributed by atoms with van der Waals surface area (Å²) >= 11 is 17.1. The Morgan fingerprint density at radius 2 is 2.04 bits per heavy atom. The van der Waals surface area contributed by atoms with E-state index in [1.165, 1.54) is 10.4 Å². The van der Waals surface area contributed by atoms with Gasteiger partial charge in [0.1, 0.15) is 10.7 Å². The van der Waals surface area contributed by atoms with Crippen LogP contribution in [-0.4, -0.2) is 11.6 Å². The van der Waals surface area contributed by atoms with Crippen molar-refractivity contribution >= 4 is 61.8 Å². The lowest BCUT2D eigenvalue weighted by molar-refractivity contribution is 0.326. The number of hydrogen-bond acceptors (Lipinski definition) is 3. The van der Waals surface area contributed by atoms with Crippen molar-refractivity contribution in [2.24, 2.45) is 0 Å². The molecule has 0 fully saturated rings. The maximum absolute atomic E-state index is 6.22. The molecule has 2 nitrogen and oxygen atoms in total. The molecular formula is C19H13BrClNOS2. The van der Waals surface area contributed by atoms with Gasteiger partial charge in [-0.1, -0.05) is 51.9 Å². The summed E-state index contributed by atoms with van der Waals surface area (Å²) in [6.45, 7) is 0.669. The number of nitrogens with one attached hydrogen (secondary N) is 1. The zero-order valence-corrected chi connectivity index (χ0v) is 17.0. The highest BCUT2D eigenvalue weighted by molar-refractivity contribution is 9.10. The van der Waals surface area contributed by atoms with Gasteiger partial charge < -0.3 is 10.1 Å². The van der Waals surface area contributed by atoms with Crippen molar-refractivity contribution in [2.45, 2.75) is 6.42 Å². The Morgan fingerprint density at radius 1 is 1.20 bits per heavy atom. The number of thiocarbonyl (C=S) groups is 1. The summed E-state index contributed by atoms with van der Waals surface area (Å²) in [5, 5.41) is 3.91. The number of anilines is 1. The van der Waals surface area contributed by atoms with E-state index in [1.807, 2.05) is 36.4 Å². The average Bonchev–Trinajstić information content (AvgIpc) is 2.95. The minimum atomic E-state index is 0.658. The molecule has 0 bridgehead atoms. The van der Waals surface area contributed by atoms with Crippen LogP contribution >= 0.6 is 51.1 Å². The van der Waals surface area contributed by atoms with E-state index in [9.17, 15) is 0 Å². The molecule has 0 saturated carbocycles. The predicted molar refractivity (Wildman–Crippen MR) is 113 cm³/mol. The number of halogens is 2. The van der Waals surface area contributed by atoms with Crippen molar-refractivity contribution in [3.05, 3.63) is 68.5 Å². The maximum atomic E-state index is 6.22. The molecule has 0 amide bonds. The quantitative estimate of drug-likeness (QED) is 0.447. The molecule has 126 valence electrons. The lowest BCUT2D eigenvalue weighted by Crippen LogP contribution is -2.09. The van der Waals surface area contributed by atoms with Crippen molar-refractivity contribution in [1.29, 1.82) is 0 Å². The number of ether oxygens (including phenoxy) is 1. The van der Waals surface area contributed by atoms with Gasteiger partial charge in [-0.2, -0.15) is 0 Å². The molecule has 0 spiro atoms. The van der Waals surface area contributed by atoms with Crippen LogP contribution in [0, 0.1) is 0 Å². The molecule has 0 atom stereocenters. The van der Waals surface area contributed by atoms with Crippen LogP contribution in [0.3, 0.4) is 0 Å². The monoisotopic (exact) mass is 449 g/mol. The van der Waals surface area contributed by atoms with E-state index in [-0.39, 0.29) is 0 Å². The summed E-state index contributed by atoms with van der Waals surface area (Å²) in [5.41, 5.74) is 3.20. The Morgan fingerprint density at radius 3 is 2.88 bits per heavy atom. The van der Waals surface area contributed by atoms with Gasteiger partial charge in [0.05, 0.1) is 22.2 Å². The zero-order valence-electron chi connectivity index (χ0n) is 13.0. The minimum Gasteiger partial charge on any atom is -0.493 e. The Hall–Kier alpha value is -1.40. The highest BCUT2D eigenvalue weighted by atomic mass is 79.9. The van der Waals surface area contributed by atoms with E-state index in [2.05, 4.69) is 33.4 Å². The number of thiophene rings is 1. The van der Waals surface area contributed by atoms with Crippen molar-refractivity contribution in [3.63, 3.8) is 0 Å². The van der Waals surface area contributed by atoms with Crippen molar-refractivity contribution in [1.82, 2.24) is 0 Å². The van der Waals surface area contributed by atoms with Crippen molar-refractivity contribution in [2.75, 3.05) is 11.9 Å². The van der Waals surface area contributed by atoms with Gasteiger partial charge in [0, 0.05) is 21.3 Å². The van der Waals surface area contributed by atoms with Crippen LogP contribution in [0.15, 0.2) is 53.0 Å². The summed E-state index contributed by atoms with van der Waals surface area (Å²) in [5.74, 6) is 0.917. The van der Waals surface area contributed by atoms with Crippen molar-refractivity contribution < 1.29 is 4.74 Å². The van der Waals surface area contributed by atoms with Gasteiger partial charge in [0.15, 0.2) is 0 Å². The molecule has 4 rings (SSSR count). The molecule has 1 aliphatic heterocycles. The summed E-state index contributed by atoms with van der Waals surface area (Å²) in [6, 6.07) is 15.9. The second-order valence-corrected chi connectivity index (χ2v) is 8.42. The van der Waals surface area contributed by atoms with Gasteiger partial charge in [-0.15, -0.1) is 11.3 Å². The van der Waals surface area contributed by atoms with Gasteiger partial charge in [0.2, 0.25) is 0 Å². The lowest BCUT2D eigenvalue weighted by atomic mass is 10.1. The number of rotatable bonds is 2. The van der Waals surface area contributed by atoms with E-state index in [0.717, 1.165) is 32.8 Å². The molecule has 0 radical (unpaired) electrons. The Kier molecular flexibility index (Phi) is 4.82. The molecule has 0 unspecified atom stereocenters. The fourth-order valence-corrected chi connectivity index (χ4v) is 4.74. The highest BCUT2D eigenvalue weighted by Crippen LogP contribution is 2.42. The smallest absolute Gasteiger partial charge is 0.128 e.